The predicted molar refractivity (Wildman–Crippen MR) is 78.0 cm³/mol. The second kappa shape index (κ2) is 5.61. The van der Waals surface area contributed by atoms with Crippen LogP contribution < -0.4 is 16.2 Å². The van der Waals surface area contributed by atoms with Crippen LogP contribution in [0.25, 0.3) is 0 Å². The lowest BCUT2D eigenvalue weighted by Gasteiger charge is -2.06. The van der Waals surface area contributed by atoms with Gasteiger partial charge in [0.05, 0.1) is 10.5 Å². The van der Waals surface area contributed by atoms with Gasteiger partial charge < -0.3 is 11.1 Å². The fourth-order valence-corrected chi connectivity index (χ4v) is 2.95. The number of carbonyl (C=O) groups excluding carboxylic acids is 1. The maximum Gasteiger partial charge on any atom is 0.249 e. The quantitative estimate of drug-likeness (QED) is 0.767. The van der Waals surface area contributed by atoms with Crippen LogP contribution in [0.4, 0.5) is 5.69 Å². The number of primary sulfonamides is 1. The van der Waals surface area contributed by atoms with Crippen molar-refractivity contribution < 1.29 is 13.2 Å². The van der Waals surface area contributed by atoms with Crippen LogP contribution >= 0.6 is 11.3 Å². The van der Waals surface area contributed by atoms with Gasteiger partial charge in [-0.3, -0.25) is 4.79 Å². The molecule has 0 aliphatic heterocycles. The average Bonchev–Trinajstić information content (AvgIpc) is 2.85. The molecule has 2 rings (SSSR count). The highest BCUT2D eigenvalue weighted by Gasteiger charge is 2.08. The van der Waals surface area contributed by atoms with Crippen molar-refractivity contribution in [2.45, 2.75) is 11.4 Å². The van der Waals surface area contributed by atoms with E-state index < -0.39 is 15.9 Å². The summed E-state index contributed by atoms with van der Waals surface area (Å²) >= 11 is 1.40. The molecule has 106 valence electrons. The van der Waals surface area contributed by atoms with E-state index in [-0.39, 0.29) is 4.90 Å². The summed E-state index contributed by atoms with van der Waals surface area (Å²) in [5.41, 5.74) is 6.26. The van der Waals surface area contributed by atoms with Crippen molar-refractivity contribution in [2.24, 2.45) is 10.9 Å². The molecule has 0 atom stereocenters. The number of anilines is 1. The number of thiophene rings is 1. The predicted octanol–water partition coefficient (Wildman–Crippen LogP) is 1.11. The first kappa shape index (κ1) is 14.5. The number of carbonyl (C=O) groups is 1. The summed E-state index contributed by atoms with van der Waals surface area (Å²) in [4.78, 5) is 11.9. The fraction of sp³-hybridized carbons (Fsp3) is 0.0833. The van der Waals surface area contributed by atoms with Gasteiger partial charge in [0.2, 0.25) is 15.9 Å². The summed E-state index contributed by atoms with van der Waals surface area (Å²) in [6.07, 6.45) is 0. The van der Waals surface area contributed by atoms with Crippen LogP contribution in [0.2, 0.25) is 0 Å². The Kier molecular flexibility index (Phi) is 4.07. The number of hydrogen-bond acceptors (Lipinski definition) is 5. The molecule has 2 aromatic rings. The third kappa shape index (κ3) is 3.56. The monoisotopic (exact) mass is 311 g/mol. The zero-order chi connectivity index (χ0) is 14.8. The molecule has 0 bridgehead atoms. The molecular formula is C12H13N3O3S2. The lowest BCUT2D eigenvalue weighted by Crippen LogP contribution is -2.12. The highest BCUT2D eigenvalue weighted by Crippen LogP contribution is 2.18. The first-order valence-corrected chi connectivity index (χ1v) is 8.03. The van der Waals surface area contributed by atoms with Crippen molar-refractivity contribution in [3.8, 4) is 0 Å². The largest absolute Gasteiger partial charge is 0.380 e. The van der Waals surface area contributed by atoms with Gasteiger partial charge in [-0.1, -0.05) is 6.07 Å². The maximum absolute atomic E-state index is 11.2. The summed E-state index contributed by atoms with van der Waals surface area (Å²) in [5, 5.41) is 9.81. The van der Waals surface area contributed by atoms with Crippen molar-refractivity contribution >= 4 is 33.0 Å². The van der Waals surface area contributed by atoms with Crippen molar-refractivity contribution in [2.75, 3.05) is 5.32 Å². The Morgan fingerprint density at radius 1 is 1.30 bits per heavy atom. The fourth-order valence-electron chi connectivity index (χ4n) is 1.57. The van der Waals surface area contributed by atoms with E-state index in [0.29, 0.717) is 17.8 Å². The molecule has 20 heavy (non-hydrogen) atoms. The third-order valence-electron chi connectivity index (χ3n) is 2.57. The number of amides is 1. The lowest BCUT2D eigenvalue weighted by molar-refractivity contribution is 0.100. The van der Waals surface area contributed by atoms with Crippen LogP contribution in [-0.4, -0.2) is 14.3 Å². The molecule has 8 heteroatoms. The SMILES string of the molecule is NC(=O)c1csc(CNc2cccc(S(N)(=O)=O)c2)c1. The van der Waals surface area contributed by atoms with Gasteiger partial charge >= 0.3 is 0 Å². The molecule has 0 spiro atoms. The van der Waals surface area contributed by atoms with E-state index in [9.17, 15) is 13.2 Å². The first-order chi connectivity index (χ1) is 9.36. The third-order valence-corrected chi connectivity index (χ3v) is 4.42. The van der Waals surface area contributed by atoms with E-state index in [4.69, 9.17) is 10.9 Å². The molecule has 1 aromatic heterocycles. The van der Waals surface area contributed by atoms with Crippen LogP contribution in [0.3, 0.4) is 0 Å². The summed E-state index contributed by atoms with van der Waals surface area (Å²) < 4.78 is 22.5. The molecule has 1 aromatic carbocycles. The van der Waals surface area contributed by atoms with Gasteiger partial charge in [0.25, 0.3) is 0 Å². The number of nitrogens with one attached hydrogen (secondary N) is 1. The second-order valence-electron chi connectivity index (χ2n) is 4.09. The lowest BCUT2D eigenvalue weighted by atomic mass is 10.3. The Morgan fingerprint density at radius 3 is 2.65 bits per heavy atom. The minimum Gasteiger partial charge on any atom is -0.380 e. The number of nitrogens with two attached hydrogens (primary N) is 2. The van der Waals surface area contributed by atoms with Crippen molar-refractivity contribution in [3.63, 3.8) is 0 Å². The van der Waals surface area contributed by atoms with Gasteiger partial charge in [-0.05, 0) is 24.3 Å². The van der Waals surface area contributed by atoms with E-state index in [1.165, 1.54) is 23.5 Å². The molecule has 0 aliphatic rings. The molecule has 0 aliphatic carbocycles. The topological polar surface area (TPSA) is 115 Å². The van der Waals surface area contributed by atoms with E-state index in [1.807, 2.05) is 0 Å². The first-order valence-electron chi connectivity index (χ1n) is 5.60. The number of sulfonamides is 1. The van der Waals surface area contributed by atoms with Crippen LogP contribution in [0.15, 0.2) is 40.6 Å². The molecule has 0 radical (unpaired) electrons. The minimum atomic E-state index is -3.71. The molecule has 1 heterocycles. The van der Waals surface area contributed by atoms with Crippen LogP contribution in [-0.2, 0) is 16.6 Å². The molecule has 0 unspecified atom stereocenters. The molecule has 6 nitrogen and oxygen atoms in total. The summed E-state index contributed by atoms with van der Waals surface area (Å²) in [5.74, 6) is -0.469. The molecular weight excluding hydrogens is 298 g/mol. The second-order valence-corrected chi connectivity index (χ2v) is 6.65. The maximum atomic E-state index is 11.2. The molecule has 0 saturated heterocycles. The molecule has 5 N–H and O–H groups in total. The van der Waals surface area contributed by atoms with Gasteiger partial charge in [0.1, 0.15) is 0 Å². The van der Waals surface area contributed by atoms with Crippen LogP contribution in [0, 0.1) is 0 Å². The Morgan fingerprint density at radius 2 is 2.05 bits per heavy atom. The Hall–Kier alpha value is -1.90. The molecule has 0 saturated carbocycles. The van der Waals surface area contributed by atoms with Crippen molar-refractivity contribution in [1.82, 2.24) is 0 Å². The summed E-state index contributed by atoms with van der Waals surface area (Å²) in [6.45, 7) is 0.464. The van der Waals surface area contributed by atoms with E-state index >= 15 is 0 Å². The Labute approximate surface area is 120 Å². The van der Waals surface area contributed by atoms with Gasteiger partial charge in [-0.15, -0.1) is 11.3 Å². The van der Waals surface area contributed by atoms with E-state index in [1.54, 1.807) is 23.6 Å². The van der Waals surface area contributed by atoms with E-state index in [2.05, 4.69) is 5.32 Å². The Balaban J connectivity index is 2.09. The zero-order valence-corrected chi connectivity index (χ0v) is 12.0. The van der Waals surface area contributed by atoms with E-state index in [0.717, 1.165) is 4.88 Å². The van der Waals surface area contributed by atoms with Gasteiger partial charge in [-0.25, -0.2) is 13.6 Å². The number of rotatable bonds is 5. The van der Waals surface area contributed by atoms with Gasteiger partial charge in [-0.2, -0.15) is 0 Å². The summed E-state index contributed by atoms with van der Waals surface area (Å²) in [7, 11) is -3.71. The molecule has 0 fully saturated rings. The highest BCUT2D eigenvalue weighted by molar-refractivity contribution is 7.89. The normalized spacial score (nSPS) is 11.2. The van der Waals surface area contributed by atoms with Crippen LogP contribution in [0.5, 0.6) is 0 Å². The van der Waals surface area contributed by atoms with Crippen molar-refractivity contribution in [3.05, 3.63) is 46.2 Å². The smallest absolute Gasteiger partial charge is 0.249 e. The van der Waals surface area contributed by atoms with Crippen molar-refractivity contribution in [1.29, 1.82) is 0 Å². The molecule has 1 amide bonds. The summed E-state index contributed by atoms with van der Waals surface area (Å²) in [6, 6.07) is 7.92. The number of hydrogen-bond donors (Lipinski definition) is 3. The van der Waals surface area contributed by atoms with Crippen LogP contribution in [0.1, 0.15) is 15.2 Å². The zero-order valence-electron chi connectivity index (χ0n) is 10.4. The highest BCUT2D eigenvalue weighted by atomic mass is 32.2. The Bertz CT molecular complexity index is 738. The average molecular weight is 311 g/mol. The van der Waals surface area contributed by atoms with Gasteiger partial charge in [0.15, 0.2) is 0 Å². The van der Waals surface area contributed by atoms with Gasteiger partial charge in [0, 0.05) is 22.5 Å². The number of primary amides is 1. The standard InChI is InChI=1S/C12H13N3O3S2/c13-12(16)8-4-10(19-7-8)6-15-9-2-1-3-11(5-9)20(14,17)18/h1-5,7,15H,6H2,(H2,13,16)(H2,14,17,18). The minimum absolute atomic E-state index is 0.0477. The number of benzene rings is 1.